The fourth-order valence-electron chi connectivity index (χ4n) is 3.83. The predicted molar refractivity (Wildman–Crippen MR) is 155 cm³/mol. The van der Waals surface area contributed by atoms with Gasteiger partial charge in [0.1, 0.15) is 5.82 Å². The van der Waals surface area contributed by atoms with E-state index in [0.717, 1.165) is 48.5 Å². The van der Waals surface area contributed by atoms with E-state index in [1.807, 2.05) is 56.3 Å². The zero-order chi connectivity index (χ0) is 26.3. The number of hydrogen-bond acceptors (Lipinski definition) is 7. The van der Waals surface area contributed by atoms with Crippen molar-refractivity contribution < 1.29 is 4.74 Å². The zero-order valence-electron chi connectivity index (χ0n) is 22.4. The summed E-state index contributed by atoms with van der Waals surface area (Å²) in [5.74, 6) is 1.89. The van der Waals surface area contributed by atoms with Crippen molar-refractivity contribution in [1.82, 2.24) is 15.0 Å². The second-order valence-electron chi connectivity index (χ2n) is 8.26. The van der Waals surface area contributed by atoms with Gasteiger partial charge in [-0.05, 0) is 47.9 Å². The molecule has 0 radical (unpaired) electrons. The first-order valence-electron chi connectivity index (χ1n) is 13.2. The smallest absolute Gasteiger partial charge is 0.219 e. The maximum absolute atomic E-state index is 6.01. The van der Waals surface area contributed by atoms with Crippen LogP contribution >= 0.6 is 0 Å². The number of anilines is 2. The summed E-state index contributed by atoms with van der Waals surface area (Å²) in [6.45, 7) is 10.7. The first-order valence-corrected chi connectivity index (χ1v) is 13.2. The van der Waals surface area contributed by atoms with Crippen molar-refractivity contribution in [2.24, 2.45) is 5.10 Å². The van der Waals surface area contributed by atoms with Gasteiger partial charge >= 0.3 is 0 Å². The third-order valence-corrected chi connectivity index (χ3v) is 5.47. The van der Waals surface area contributed by atoms with Crippen LogP contribution in [0.2, 0.25) is 0 Å². The maximum Gasteiger partial charge on any atom is 0.219 e. The van der Waals surface area contributed by atoms with Crippen LogP contribution in [-0.2, 0) is 6.42 Å². The van der Waals surface area contributed by atoms with Crippen molar-refractivity contribution in [3.63, 3.8) is 0 Å². The lowest BCUT2D eigenvalue weighted by Crippen LogP contribution is -2.26. The highest BCUT2D eigenvalue weighted by Crippen LogP contribution is 2.20. The van der Waals surface area contributed by atoms with Gasteiger partial charge < -0.3 is 9.64 Å². The minimum Gasteiger partial charge on any atom is -0.477 e. The number of hydrogen-bond donors (Lipinski definition) is 1. The average Bonchev–Trinajstić information content (AvgIpc) is 2.94. The summed E-state index contributed by atoms with van der Waals surface area (Å²) in [4.78, 5) is 16.0. The molecule has 2 aromatic heterocycles. The van der Waals surface area contributed by atoms with Gasteiger partial charge in [0.15, 0.2) is 5.82 Å². The van der Waals surface area contributed by atoms with E-state index in [2.05, 4.69) is 63.5 Å². The van der Waals surface area contributed by atoms with Crippen LogP contribution in [0.1, 0.15) is 52.1 Å². The number of fused-ring (bicyclic) bond motifs is 1. The molecule has 0 spiro atoms. The van der Waals surface area contributed by atoms with E-state index in [9.17, 15) is 0 Å². The minimum atomic E-state index is 0.487. The highest BCUT2D eigenvalue weighted by Gasteiger charge is 2.11. The molecule has 1 N–H and O–H groups in total. The molecule has 0 unspecified atom stereocenters. The van der Waals surface area contributed by atoms with E-state index >= 15 is 0 Å². The fourth-order valence-corrected chi connectivity index (χ4v) is 3.83. The van der Waals surface area contributed by atoms with E-state index in [1.54, 1.807) is 12.4 Å². The Hall–Kier alpha value is -4.00. The number of aromatic nitrogens is 3. The van der Waals surface area contributed by atoms with Gasteiger partial charge in [-0.2, -0.15) is 10.1 Å². The van der Waals surface area contributed by atoms with Crippen molar-refractivity contribution in [2.45, 2.75) is 47.0 Å². The fraction of sp³-hybridized carbons (Fsp3) is 0.333. The van der Waals surface area contributed by atoms with Gasteiger partial charge in [0.2, 0.25) is 5.88 Å². The summed E-state index contributed by atoms with van der Waals surface area (Å²) >= 11 is 0. The van der Waals surface area contributed by atoms with E-state index in [1.165, 1.54) is 5.39 Å². The number of ether oxygens (including phenoxy) is 1. The van der Waals surface area contributed by atoms with E-state index in [-0.39, 0.29) is 0 Å². The molecule has 4 aromatic rings. The van der Waals surface area contributed by atoms with Gasteiger partial charge in [0.25, 0.3) is 0 Å². The number of nitrogens with one attached hydrogen (secondary N) is 1. The summed E-state index contributed by atoms with van der Waals surface area (Å²) in [7, 11) is 0. The molecule has 0 saturated heterocycles. The van der Waals surface area contributed by atoms with E-state index in [0.29, 0.717) is 24.7 Å². The van der Waals surface area contributed by atoms with Crippen LogP contribution in [0.15, 0.2) is 78.0 Å². The molecule has 0 aliphatic carbocycles. The van der Waals surface area contributed by atoms with Crippen LogP contribution < -0.4 is 15.1 Å². The molecule has 194 valence electrons. The third kappa shape index (κ3) is 8.56. The molecule has 0 saturated carbocycles. The monoisotopic (exact) mass is 498 g/mol. The van der Waals surface area contributed by atoms with Gasteiger partial charge in [-0.25, -0.2) is 4.98 Å². The van der Waals surface area contributed by atoms with Crippen LogP contribution in [0.3, 0.4) is 0 Å². The standard InChI is InChI=1S/C28H32N6O.C2H6/c1-3-16-34(17-4-2)27-20-28(35-18-14-24-11-7-8-15-29-24)32-26(31-27)21-30-33-25-13-12-22-9-5-6-10-23(22)19-25;1-2/h5-13,15,19-21,33H,3-4,14,16-18H2,1-2H3;1-2H3/b30-21+;. The van der Waals surface area contributed by atoms with Gasteiger partial charge in [0, 0.05) is 37.5 Å². The van der Waals surface area contributed by atoms with Gasteiger partial charge in [-0.15, -0.1) is 0 Å². The molecule has 0 fully saturated rings. The maximum atomic E-state index is 6.01. The molecule has 2 aromatic carbocycles. The van der Waals surface area contributed by atoms with Gasteiger partial charge in [0.05, 0.1) is 18.5 Å². The molecule has 0 aliphatic heterocycles. The Balaban J connectivity index is 0.00000186. The molecule has 0 amide bonds. The van der Waals surface area contributed by atoms with Crippen LogP contribution in [0.5, 0.6) is 5.88 Å². The summed E-state index contributed by atoms with van der Waals surface area (Å²) < 4.78 is 6.01. The van der Waals surface area contributed by atoms with Crippen LogP contribution in [-0.4, -0.2) is 40.9 Å². The van der Waals surface area contributed by atoms with E-state index < -0.39 is 0 Å². The van der Waals surface area contributed by atoms with Crippen molar-refractivity contribution >= 4 is 28.5 Å². The Kier molecular flexibility index (Phi) is 11.3. The molecular formula is C30H38N6O. The number of nitrogens with zero attached hydrogens (tertiary/aromatic N) is 5. The number of pyridine rings is 1. The SMILES string of the molecule is CC.CCCN(CCC)c1cc(OCCc2ccccn2)nc(/C=N/Nc2ccc3ccccc3c2)n1. The minimum absolute atomic E-state index is 0.487. The molecule has 2 heterocycles. The summed E-state index contributed by atoms with van der Waals surface area (Å²) in [6.07, 6.45) is 6.21. The quantitative estimate of drug-likeness (QED) is 0.172. The first kappa shape index (κ1) is 27.6. The van der Waals surface area contributed by atoms with Crippen molar-refractivity contribution in [2.75, 3.05) is 30.0 Å². The van der Waals surface area contributed by atoms with Gasteiger partial charge in [-0.1, -0.05) is 64.1 Å². The van der Waals surface area contributed by atoms with Gasteiger partial charge in [-0.3, -0.25) is 10.4 Å². The summed E-state index contributed by atoms with van der Waals surface area (Å²) in [6, 6.07) is 22.2. The number of benzene rings is 2. The van der Waals surface area contributed by atoms with Crippen LogP contribution in [0, 0.1) is 0 Å². The molecule has 0 atom stereocenters. The first-order chi connectivity index (χ1) is 18.2. The molecule has 7 nitrogen and oxygen atoms in total. The predicted octanol–water partition coefficient (Wildman–Crippen LogP) is 6.74. The molecule has 0 aliphatic rings. The molecule has 0 bridgehead atoms. The normalized spacial score (nSPS) is 10.7. The highest BCUT2D eigenvalue weighted by molar-refractivity contribution is 5.86. The lowest BCUT2D eigenvalue weighted by atomic mass is 10.1. The zero-order valence-corrected chi connectivity index (χ0v) is 22.4. The van der Waals surface area contributed by atoms with Crippen LogP contribution in [0.25, 0.3) is 10.8 Å². The lowest BCUT2D eigenvalue weighted by molar-refractivity contribution is 0.307. The number of rotatable bonds is 12. The van der Waals surface area contributed by atoms with Crippen molar-refractivity contribution in [3.8, 4) is 5.88 Å². The Bertz CT molecular complexity index is 1240. The molecule has 37 heavy (non-hydrogen) atoms. The molecular weight excluding hydrogens is 460 g/mol. The van der Waals surface area contributed by atoms with E-state index in [4.69, 9.17) is 9.72 Å². The topological polar surface area (TPSA) is 75.5 Å². The summed E-state index contributed by atoms with van der Waals surface area (Å²) in [5.41, 5.74) is 4.99. The van der Waals surface area contributed by atoms with Crippen LogP contribution in [0.4, 0.5) is 11.5 Å². The van der Waals surface area contributed by atoms with Crippen molar-refractivity contribution in [1.29, 1.82) is 0 Å². The Morgan fingerprint density at radius 3 is 2.38 bits per heavy atom. The van der Waals surface area contributed by atoms with Crippen molar-refractivity contribution in [3.05, 3.63) is 84.4 Å². The third-order valence-electron chi connectivity index (χ3n) is 5.47. The molecule has 4 rings (SSSR count). The lowest BCUT2D eigenvalue weighted by Gasteiger charge is -2.23. The average molecular weight is 499 g/mol. The highest BCUT2D eigenvalue weighted by atomic mass is 16.5. The number of hydrazone groups is 1. The Morgan fingerprint density at radius 1 is 0.892 bits per heavy atom. The molecule has 7 heteroatoms. The second kappa shape index (κ2) is 15.2. The second-order valence-corrected chi connectivity index (χ2v) is 8.26. The largest absolute Gasteiger partial charge is 0.477 e. The Morgan fingerprint density at radius 2 is 1.65 bits per heavy atom. The Labute approximate surface area is 220 Å². The summed E-state index contributed by atoms with van der Waals surface area (Å²) in [5, 5.41) is 6.74.